The van der Waals surface area contributed by atoms with Crippen molar-refractivity contribution in [1.29, 1.82) is 0 Å². The molecule has 3 aromatic rings. The van der Waals surface area contributed by atoms with E-state index in [4.69, 9.17) is 0 Å². The molecule has 84 valence electrons. The molecule has 1 aromatic carbocycles. The van der Waals surface area contributed by atoms with E-state index in [1.165, 1.54) is 5.39 Å². The summed E-state index contributed by atoms with van der Waals surface area (Å²) in [7, 11) is 0. The van der Waals surface area contributed by atoms with Crippen LogP contribution in [0.1, 0.15) is 5.69 Å². The van der Waals surface area contributed by atoms with E-state index in [1.54, 1.807) is 11.3 Å². The minimum Gasteiger partial charge on any atom is -0.379 e. The molecule has 3 rings (SSSR count). The Morgan fingerprint density at radius 1 is 1.06 bits per heavy atom. The Bertz CT molecular complexity index is 617. The standard InChI is InChI=1S/C14H12N2S/c1-2-4-14-11(3-1)5-6-12(16-14)9-15-13-7-8-17-10-13/h1-8,10,15H,9H2. The summed E-state index contributed by atoms with van der Waals surface area (Å²) in [4.78, 5) is 4.62. The van der Waals surface area contributed by atoms with Gasteiger partial charge in [0, 0.05) is 16.5 Å². The van der Waals surface area contributed by atoms with Gasteiger partial charge in [0.25, 0.3) is 0 Å². The van der Waals surface area contributed by atoms with E-state index in [2.05, 4.69) is 45.3 Å². The molecule has 0 aliphatic carbocycles. The van der Waals surface area contributed by atoms with E-state index in [-0.39, 0.29) is 0 Å². The molecule has 0 aliphatic heterocycles. The zero-order valence-electron chi connectivity index (χ0n) is 9.26. The number of hydrogen-bond donors (Lipinski definition) is 1. The first-order chi connectivity index (χ1) is 8.42. The lowest BCUT2D eigenvalue weighted by atomic mass is 10.2. The van der Waals surface area contributed by atoms with E-state index in [1.807, 2.05) is 18.2 Å². The number of rotatable bonds is 3. The summed E-state index contributed by atoms with van der Waals surface area (Å²) in [6.07, 6.45) is 0. The van der Waals surface area contributed by atoms with Crippen molar-refractivity contribution < 1.29 is 0 Å². The summed E-state index contributed by atoms with van der Waals surface area (Å²) < 4.78 is 0. The van der Waals surface area contributed by atoms with Gasteiger partial charge in [0.1, 0.15) is 0 Å². The van der Waals surface area contributed by atoms with Crippen LogP contribution in [0.2, 0.25) is 0 Å². The molecule has 0 saturated carbocycles. The molecule has 0 fully saturated rings. The maximum atomic E-state index is 4.62. The van der Waals surface area contributed by atoms with Gasteiger partial charge in [-0.05, 0) is 23.6 Å². The number of thiophene rings is 1. The Kier molecular flexibility index (Phi) is 2.76. The highest BCUT2D eigenvalue weighted by Gasteiger charge is 1.98. The average Bonchev–Trinajstić information content (AvgIpc) is 2.89. The van der Waals surface area contributed by atoms with Crippen LogP contribution in [0.15, 0.2) is 53.2 Å². The number of para-hydroxylation sites is 1. The van der Waals surface area contributed by atoms with Crippen LogP contribution in [0.25, 0.3) is 10.9 Å². The third-order valence-electron chi connectivity index (χ3n) is 2.65. The lowest BCUT2D eigenvalue weighted by Crippen LogP contribution is -2.00. The SMILES string of the molecule is c1ccc2nc(CNc3ccsc3)ccc2c1. The second kappa shape index (κ2) is 4.55. The Labute approximate surface area is 104 Å². The van der Waals surface area contributed by atoms with E-state index >= 15 is 0 Å². The van der Waals surface area contributed by atoms with Crippen LogP contribution in [0, 0.1) is 0 Å². The molecule has 2 aromatic heterocycles. The topological polar surface area (TPSA) is 24.9 Å². The molecular formula is C14H12N2S. The number of nitrogens with one attached hydrogen (secondary N) is 1. The minimum absolute atomic E-state index is 0.765. The van der Waals surface area contributed by atoms with Crippen LogP contribution in [-0.2, 0) is 6.54 Å². The maximum absolute atomic E-state index is 4.62. The molecule has 3 heteroatoms. The molecule has 0 aliphatic rings. The summed E-state index contributed by atoms with van der Waals surface area (Å²) in [5.74, 6) is 0. The largest absolute Gasteiger partial charge is 0.379 e. The van der Waals surface area contributed by atoms with Gasteiger partial charge in [-0.1, -0.05) is 24.3 Å². The van der Waals surface area contributed by atoms with E-state index in [0.29, 0.717) is 0 Å². The second-order valence-electron chi connectivity index (χ2n) is 3.86. The predicted molar refractivity (Wildman–Crippen MR) is 73.4 cm³/mol. The summed E-state index contributed by atoms with van der Waals surface area (Å²) in [6, 6.07) is 14.4. The molecule has 2 nitrogen and oxygen atoms in total. The first-order valence-electron chi connectivity index (χ1n) is 5.52. The molecule has 0 bridgehead atoms. The summed E-state index contributed by atoms with van der Waals surface area (Å²) in [5, 5.41) is 8.70. The maximum Gasteiger partial charge on any atom is 0.0706 e. The Morgan fingerprint density at radius 3 is 2.88 bits per heavy atom. The van der Waals surface area contributed by atoms with Crippen molar-refractivity contribution in [3.05, 3.63) is 58.9 Å². The quantitative estimate of drug-likeness (QED) is 0.750. The van der Waals surface area contributed by atoms with E-state index < -0.39 is 0 Å². The predicted octanol–water partition coefficient (Wildman–Crippen LogP) is 3.91. The molecule has 0 saturated heterocycles. The summed E-state index contributed by atoms with van der Waals surface area (Å²) in [6.45, 7) is 0.765. The Balaban J connectivity index is 1.81. The van der Waals surface area contributed by atoms with Crippen LogP contribution in [0.3, 0.4) is 0 Å². The molecule has 1 N–H and O–H groups in total. The third-order valence-corrected chi connectivity index (χ3v) is 3.33. The Hall–Kier alpha value is -1.87. The lowest BCUT2D eigenvalue weighted by Gasteiger charge is -2.04. The normalized spacial score (nSPS) is 10.6. The summed E-state index contributed by atoms with van der Waals surface area (Å²) in [5.41, 5.74) is 3.27. The molecule has 2 heterocycles. The number of aromatic nitrogens is 1. The number of pyridine rings is 1. The number of fused-ring (bicyclic) bond motifs is 1. The molecule has 0 unspecified atom stereocenters. The molecular weight excluding hydrogens is 228 g/mol. The third kappa shape index (κ3) is 2.29. The highest BCUT2D eigenvalue weighted by Crippen LogP contribution is 2.15. The van der Waals surface area contributed by atoms with Gasteiger partial charge in [-0.3, -0.25) is 4.98 Å². The number of hydrogen-bond acceptors (Lipinski definition) is 3. The number of nitrogens with zero attached hydrogens (tertiary/aromatic N) is 1. The van der Waals surface area contributed by atoms with Gasteiger partial charge in [0.15, 0.2) is 0 Å². The van der Waals surface area contributed by atoms with Gasteiger partial charge in [-0.15, -0.1) is 0 Å². The van der Waals surface area contributed by atoms with Gasteiger partial charge >= 0.3 is 0 Å². The van der Waals surface area contributed by atoms with Crippen LogP contribution < -0.4 is 5.32 Å². The first kappa shape index (κ1) is 10.3. The van der Waals surface area contributed by atoms with Gasteiger partial charge < -0.3 is 5.32 Å². The van der Waals surface area contributed by atoms with Crippen LogP contribution in [0.5, 0.6) is 0 Å². The van der Waals surface area contributed by atoms with Gasteiger partial charge in [0.05, 0.1) is 17.8 Å². The zero-order valence-corrected chi connectivity index (χ0v) is 10.1. The first-order valence-corrected chi connectivity index (χ1v) is 6.47. The van der Waals surface area contributed by atoms with Gasteiger partial charge in [-0.2, -0.15) is 11.3 Å². The monoisotopic (exact) mass is 240 g/mol. The van der Waals surface area contributed by atoms with Crippen molar-refractivity contribution in [2.45, 2.75) is 6.54 Å². The summed E-state index contributed by atoms with van der Waals surface area (Å²) >= 11 is 1.69. The smallest absolute Gasteiger partial charge is 0.0706 e. The highest BCUT2D eigenvalue weighted by atomic mass is 32.1. The van der Waals surface area contributed by atoms with Crippen molar-refractivity contribution in [3.8, 4) is 0 Å². The van der Waals surface area contributed by atoms with E-state index in [0.717, 1.165) is 23.4 Å². The van der Waals surface area contributed by atoms with E-state index in [9.17, 15) is 0 Å². The van der Waals surface area contributed by atoms with Crippen LogP contribution >= 0.6 is 11.3 Å². The van der Waals surface area contributed by atoms with Crippen molar-refractivity contribution in [2.24, 2.45) is 0 Å². The molecule has 0 atom stereocenters. The molecule has 0 amide bonds. The van der Waals surface area contributed by atoms with Crippen molar-refractivity contribution >= 4 is 27.9 Å². The molecule has 17 heavy (non-hydrogen) atoms. The highest BCUT2D eigenvalue weighted by molar-refractivity contribution is 7.08. The number of anilines is 1. The van der Waals surface area contributed by atoms with Crippen molar-refractivity contribution in [1.82, 2.24) is 4.98 Å². The van der Waals surface area contributed by atoms with Gasteiger partial charge in [0.2, 0.25) is 0 Å². The fourth-order valence-electron chi connectivity index (χ4n) is 1.76. The van der Waals surface area contributed by atoms with Crippen LogP contribution in [0.4, 0.5) is 5.69 Å². The fraction of sp³-hybridized carbons (Fsp3) is 0.0714. The van der Waals surface area contributed by atoms with Gasteiger partial charge in [-0.25, -0.2) is 0 Å². The molecule has 0 radical (unpaired) electrons. The molecule has 0 spiro atoms. The lowest BCUT2D eigenvalue weighted by molar-refractivity contribution is 1.07. The Morgan fingerprint density at radius 2 is 2.00 bits per heavy atom. The van der Waals surface area contributed by atoms with Crippen LogP contribution in [-0.4, -0.2) is 4.98 Å². The zero-order chi connectivity index (χ0) is 11.5. The fourth-order valence-corrected chi connectivity index (χ4v) is 2.38. The van der Waals surface area contributed by atoms with Crippen molar-refractivity contribution in [2.75, 3.05) is 5.32 Å². The minimum atomic E-state index is 0.765. The second-order valence-corrected chi connectivity index (χ2v) is 4.64. The number of benzene rings is 1. The van der Waals surface area contributed by atoms with Crippen molar-refractivity contribution in [3.63, 3.8) is 0 Å². The average molecular weight is 240 g/mol.